The zero-order valence-corrected chi connectivity index (χ0v) is 14.7. The molecule has 1 N–H and O–H groups in total. The number of ether oxygens (including phenoxy) is 1. The van der Waals surface area contributed by atoms with Crippen molar-refractivity contribution in [1.29, 1.82) is 0 Å². The second-order valence-corrected chi connectivity index (χ2v) is 8.84. The van der Waals surface area contributed by atoms with Crippen LogP contribution in [0.1, 0.15) is 30.4 Å². The van der Waals surface area contributed by atoms with Crippen molar-refractivity contribution >= 4 is 10.0 Å². The van der Waals surface area contributed by atoms with Crippen molar-refractivity contribution < 1.29 is 13.2 Å². The van der Waals surface area contributed by atoms with Crippen molar-refractivity contribution in [1.82, 2.24) is 9.62 Å². The summed E-state index contributed by atoms with van der Waals surface area (Å²) < 4.78 is 31.8. The average molecular weight is 338 g/mol. The molecule has 2 aliphatic heterocycles. The van der Waals surface area contributed by atoms with Crippen molar-refractivity contribution in [2.24, 2.45) is 0 Å². The Morgan fingerprint density at radius 2 is 2.09 bits per heavy atom. The third kappa shape index (κ3) is 4.53. The van der Waals surface area contributed by atoms with Crippen LogP contribution in [0.4, 0.5) is 0 Å². The minimum Gasteiger partial charge on any atom is -0.373 e. The van der Waals surface area contributed by atoms with Gasteiger partial charge in [0.05, 0.1) is 11.9 Å². The van der Waals surface area contributed by atoms with Crippen molar-refractivity contribution in [3.63, 3.8) is 0 Å². The number of rotatable bonds is 4. The van der Waals surface area contributed by atoms with E-state index >= 15 is 0 Å². The Morgan fingerprint density at radius 3 is 2.78 bits per heavy atom. The Kier molecular flexibility index (Phi) is 4.78. The second kappa shape index (κ2) is 6.51. The van der Waals surface area contributed by atoms with Crippen molar-refractivity contribution in [2.45, 2.75) is 44.4 Å². The highest BCUT2D eigenvalue weighted by molar-refractivity contribution is 7.88. The minimum absolute atomic E-state index is 0.00178. The largest absolute Gasteiger partial charge is 0.373 e. The molecule has 0 radical (unpaired) electrons. The summed E-state index contributed by atoms with van der Waals surface area (Å²) in [4.78, 5) is 2.41. The fraction of sp³-hybridized carbons (Fsp3) is 0.647. The number of benzene rings is 1. The molecule has 0 saturated carbocycles. The zero-order chi connectivity index (χ0) is 16.5. The molecule has 3 rings (SSSR count). The summed E-state index contributed by atoms with van der Waals surface area (Å²) in [5.74, 6) is 0. The summed E-state index contributed by atoms with van der Waals surface area (Å²) in [5.41, 5.74) is 2.40. The monoisotopic (exact) mass is 338 g/mol. The molecule has 23 heavy (non-hydrogen) atoms. The van der Waals surface area contributed by atoms with Crippen LogP contribution in [0.5, 0.6) is 0 Å². The molecule has 1 aromatic rings. The van der Waals surface area contributed by atoms with Crippen LogP contribution in [0.3, 0.4) is 0 Å². The number of sulfonamides is 1. The van der Waals surface area contributed by atoms with E-state index in [-0.39, 0.29) is 11.6 Å². The normalized spacial score (nSPS) is 29.2. The van der Waals surface area contributed by atoms with Gasteiger partial charge in [-0.2, -0.15) is 0 Å². The van der Waals surface area contributed by atoms with Gasteiger partial charge in [0, 0.05) is 32.3 Å². The highest BCUT2D eigenvalue weighted by atomic mass is 32.2. The zero-order valence-electron chi connectivity index (χ0n) is 13.9. The van der Waals surface area contributed by atoms with E-state index in [9.17, 15) is 8.42 Å². The van der Waals surface area contributed by atoms with Crippen LogP contribution in [0.15, 0.2) is 24.3 Å². The molecule has 1 spiro atoms. The number of nitrogens with zero attached hydrogens (tertiary/aromatic N) is 1. The van der Waals surface area contributed by atoms with Crippen LogP contribution in [-0.4, -0.2) is 50.9 Å². The van der Waals surface area contributed by atoms with Crippen molar-refractivity contribution in [3.05, 3.63) is 35.4 Å². The smallest absolute Gasteiger partial charge is 0.208 e. The third-order valence-corrected chi connectivity index (χ3v) is 5.56. The van der Waals surface area contributed by atoms with Gasteiger partial charge >= 0.3 is 0 Å². The lowest BCUT2D eigenvalue weighted by molar-refractivity contribution is -0.0779. The van der Waals surface area contributed by atoms with Gasteiger partial charge in [0.25, 0.3) is 0 Å². The topological polar surface area (TPSA) is 58.6 Å². The van der Waals surface area contributed by atoms with Gasteiger partial charge in [-0.15, -0.1) is 0 Å². The molecule has 2 fully saturated rings. The first-order valence-electron chi connectivity index (χ1n) is 8.23. The molecule has 128 valence electrons. The molecule has 6 heteroatoms. The molecule has 2 aliphatic rings. The standard InChI is InChI=1S/C17H26N2O3S/c1-14-3-5-15(6-4-14)12-19-9-8-17(13-19)11-16(7-10-22-17)18-23(2,20)21/h3-6,16,18H,7-13H2,1-2H3/t16-,17+/m0/s1. The lowest BCUT2D eigenvalue weighted by Crippen LogP contribution is -2.49. The van der Waals surface area contributed by atoms with Crippen LogP contribution < -0.4 is 4.72 Å². The van der Waals surface area contributed by atoms with E-state index in [1.165, 1.54) is 17.4 Å². The lowest BCUT2D eigenvalue weighted by Gasteiger charge is -2.38. The summed E-state index contributed by atoms with van der Waals surface area (Å²) in [6.45, 7) is 5.53. The van der Waals surface area contributed by atoms with Gasteiger partial charge in [-0.05, 0) is 31.7 Å². The highest BCUT2D eigenvalue weighted by Gasteiger charge is 2.43. The van der Waals surface area contributed by atoms with E-state index in [2.05, 4.69) is 40.8 Å². The van der Waals surface area contributed by atoms with Crippen molar-refractivity contribution in [2.75, 3.05) is 26.0 Å². The fourth-order valence-corrected chi connectivity index (χ4v) is 4.54. The summed E-state index contributed by atoms with van der Waals surface area (Å²) in [6, 6.07) is 8.64. The van der Waals surface area contributed by atoms with E-state index in [1.807, 2.05) is 0 Å². The minimum atomic E-state index is -3.16. The van der Waals surface area contributed by atoms with E-state index in [1.54, 1.807) is 0 Å². The van der Waals surface area contributed by atoms with E-state index in [0.717, 1.165) is 38.9 Å². The maximum Gasteiger partial charge on any atom is 0.208 e. The maximum absolute atomic E-state index is 11.5. The first-order valence-corrected chi connectivity index (χ1v) is 10.1. The predicted octanol–water partition coefficient (Wildman–Crippen LogP) is 1.67. The summed E-state index contributed by atoms with van der Waals surface area (Å²) in [6.07, 6.45) is 3.73. The molecule has 2 atom stereocenters. The molecule has 0 amide bonds. The van der Waals surface area contributed by atoms with Gasteiger partial charge in [-0.3, -0.25) is 4.90 Å². The van der Waals surface area contributed by atoms with Gasteiger partial charge in [0.15, 0.2) is 0 Å². The molecule has 0 bridgehead atoms. The molecule has 0 aromatic heterocycles. The Balaban J connectivity index is 1.60. The Hall–Kier alpha value is -0.950. The first kappa shape index (κ1) is 16.9. The summed E-state index contributed by atoms with van der Waals surface area (Å²) in [7, 11) is -3.16. The number of likely N-dealkylation sites (tertiary alicyclic amines) is 1. The van der Waals surface area contributed by atoms with Gasteiger partial charge < -0.3 is 4.74 Å². The average Bonchev–Trinajstić information content (AvgIpc) is 2.82. The molecule has 2 saturated heterocycles. The van der Waals surface area contributed by atoms with E-state index in [4.69, 9.17) is 4.74 Å². The number of hydrogen-bond donors (Lipinski definition) is 1. The van der Waals surface area contributed by atoms with Crippen LogP contribution >= 0.6 is 0 Å². The predicted molar refractivity (Wildman–Crippen MR) is 90.8 cm³/mol. The molecular weight excluding hydrogens is 312 g/mol. The number of aryl methyl sites for hydroxylation is 1. The van der Waals surface area contributed by atoms with E-state index < -0.39 is 10.0 Å². The Morgan fingerprint density at radius 1 is 1.35 bits per heavy atom. The fourth-order valence-electron chi connectivity index (χ4n) is 3.73. The molecular formula is C17H26N2O3S. The Labute approximate surface area is 139 Å². The molecule has 0 unspecified atom stereocenters. The highest BCUT2D eigenvalue weighted by Crippen LogP contribution is 2.35. The second-order valence-electron chi connectivity index (χ2n) is 7.06. The van der Waals surface area contributed by atoms with Crippen LogP contribution in [0, 0.1) is 6.92 Å². The number of hydrogen-bond acceptors (Lipinski definition) is 4. The van der Waals surface area contributed by atoms with E-state index in [0.29, 0.717) is 6.61 Å². The van der Waals surface area contributed by atoms with Gasteiger partial charge in [-0.25, -0.2) is 13.1 Å². The maximum atomic E-state index is 11.5. The SMILES string of the molecule is Cc1ccc(CN2CC[C@@]3(C[C@@H](NS(C)(=O)=O)CCO3)C2)cc1. The molecule has 2 heterocycles. The summed E-state index contributed by atoms with van der Waals surface area (Å²) in [5, 5.41) is 0. The Bertz CT molecular complexity index is 644. The molecule has 1 aromatic carbocycles. The molecule has 0 aliphatic carbocycles. The number of nitrogens with one attached hydrogen (secondary N) is 1. The van der Waals surface area contributed by atoms with Crippen molar-refractivity contribution in [3.8, 4) is 0 Å². The van der Waals surface area contributed by atoms with Crippen LogP contribution in [-0.2, 0) is 21.3 Å². The molecule has 5 nitrogen and oxygen atoms in total. The van der Waals surface area contributed by atoms with Crippen LogP contribution in [0.2, 0.25) is 0 Å². The first-order chi connectivity index (χ1) is 10.8. The van der Waals surface area contributed by atoms with Gasteiger partial charge in [0.2, 0.25) is 10.0 Å². The quantitative estimate of drug-likeness (QED) is 0.907. The lowest BCUT2D eigenvalue weighted by atomic mass is 9.90. The van der Waals surface area contributed by atoms with Crippen LogP contribution in [0.25, 0.3) is 0 Å². The van der Waals surface area contributed by atoms with Gasteiger partial charge in [-0.1, -0.05) is 29.8 Å². The third-order valence-electron chi connectivity index (χ3n) is 4.80. The summed E-state index contributed by atoms with van der Waals surface area (Å²) >= 11 is 0. The van der Waals surface area contributed by atoms with Gasteiger partial charge in [0.1, 0.15) is 0 Å².